The third kappa shape index (κ3) is 0.819. The van der Waals surface area contributed by atoms with E-state index in [4.69, 9.17) is 0 Å². The first-order valence-corrected chi connectivity index (χ1v) is 6.47. The minimum Gasteiger partial charge on any atom is -0.299 e. The van der Waals surface area contributed by atoms with E-state index in [2.05, 4.69) is 27.7 Å². The minimum atomic E-state index is 0.346. The summed E-state index contributed by atoms with van der Waals surface area (Å²) in [5, 5.41) is 0. The number of carbonyl (C=O) groups is 1. The fraction of sp³-hybridized carbons (Fsp3) is 0.929. The Morgan fingerprint density at radius 2 is 2.00 bits per heavy atom. The van der Waals surface area contributed by atoms with Crippen molar-refractivity contribution in [3.8, 4) is 0 Å². The maximum atomic E-state index is 12.1. The molecule has 15 heavy (non-hydrogen) atoms. The van der Waals surface area contributed by atoms with Gasteiger partial charge in [0, 0.05) is 11.8 Å². The van der Waals surface area contributed by atoms with Crippen LogP contribution in [0.3, 0.4) is 0 Å². The Morgan fingerprint density at radius 3 is 2.53 bits per heavy atom. The lowest BCUT2D eigenvalue weighted by Crippen LogP contribution is -2.39. The molecule has 1 nitrogen and oxygen atoms in total. The van der Waals surface area contributed by atoms with E-state index >= 15 is 0 Å². The predicted molar refractivity (Wildman–Crippen MR) is 60.4 cm³/mol. The van der Waals surface area contributed by atoms with Crippen LogP contribution in [0.2, 0.25) is 0 Å². The highest BCUT2D eigenvalue weighted by Gasteiger charge is 2.73. The summed E-state index contributed by atoms with van der Waals surface area (Å²) in [6, 6.07) is 0. The van der Waals surface area contributed by atoms with Gasteiger partial charge in [0.25, 0.3) is 0 Å². The molecule has 0 N–H and O–H groups in total. The number of ketones is 1. The Balaban J connectivity index is 2.11. The molecule has 0 aromatic rings. The van der Waals surface area contributed by atoms with Gasteiger partial charge < -0.3 is 0 Å². The normalized spacial score (nSPS) is 57.1. The van der Waals surface area contributed by atoms with Crippen molar-refractivity contribution in [1.29, 1.82) is 0 Å². The van der Waals surface area contributed by atoms with E-state index in [1.165, 1.54) is 19.3 Å². The van der Waals surface area contributed by atoms with Crippen LogP contribution >= 0.6 is 0 Å². The topological polar surface area (TPSA) is 17.1 Å². The average molecular weight is 206 g/mol. The van der Waals surface area contributed by atoms with Gasteiger partial charge in [-0.3, -0.25) is 4.79 Å². The van der Waals surface area contributed by atoms with Gasteiger partial charge in [-0.1, -0.05) is 27.7 Å². The molecule has 3 rings (SSSR count). The Bertz CT molecular complexity index is 332. The molecule has 0 unspecified atom stereocenters. The summed E-state index contributed by atoms with van der Waals surface area (Å²) in [4.78, 5) is 12.1. The summed E-state index contributed by atoms with van der Waals surface area (Å²) >= 11 is 0. The van der Waals surface area contributed by atoms with Gasteiger partial charge in [0.05, 0.1) is 0 Å². The average Bonchev–Trinajstić information content (AvgIpc) is 2.67. The van der Waals surface area contributed by atoms with E-state index < -0.39 is 0 Å². The molecule has 0 saturated heterocycles. The van der Waals surface area contributed by atoms with Crippen LogP contribution < -0.4 is 0 Å². The Kier molecular flexibility index (Phi) is 1.64. The van der Waals surface area contributed by atoms with Gasteiger partial charge in [-0.25, -0.2) is 0 Å². The van der Waals surface area contributed by atoms with Crippen molar-refractivity contribution < 1.29 is 4.79 Å². The van der Waals surface area contributed by atoms with Crippen molar-refractivity contribution in [2.45, 2.75) is 47.0 Å². The molecule has 3 saturated carbocycles. The smallest absolute Gasteiger partial charge is 0.139 e. The summed E-state index contributed by atoms with van der Waals surface area (Å²) < 4.78 is 0. The first kappa shape index (κ1) is 9.86. The maximum absolute atomic E-state index is 12.1. The van der Waals surface area contributed by atoms with Gasteiger partial charge >= 0.3 is 0 Å². The van der Waals surface area contributed by atoms with Gasteiger partial charge in [-0.05, 0) is 41.9 Å². The van der Waals surface area contributed by atoms with Gasteiger partial charge in [-0.2, -0.15) is 0 Å². The van der Waals surface area contributed by atoms with Crippen molar-refractivity contribution in [2.75, 3.05) is 0 Å². The molecule has 0 heterocycles. The van der Waals surface area contributed by atoms with E-state index in [9.17, 15) is 4.79 Å². The molecular formula is C14H22O. The van der Waals surface area contributed by atoms with Crippen molar-refractivity contribution in [2.24, 2.45) is 34.5 Å². The molecule has 0 aromatic heterocycles. The van der Waals surface area contributed by atoms with E-state index in [0.717, 1.165) is 5.92 Å². The number of hydrogen-bond acceptors (Lipinski definition) is 1. The van der Waals surface area contributed by atoms with Crippen molar-refractivity contribution in [1.82, 2.24) is 0 Å². The quantitative estimate of drug-likeness (QED) is 0.643. The van der Waals surface area contributed by atoms with Crippen molar-refractivity contribution >= 4 is 5.78 Å². The molecule has 0 aromatic carbocycles. The van der Waals surface area contributed by atoms with Gasteiger partial charge in [0.2, 0.25) is 0 Å². The molecule has 3 aliphatic carbocycles. The third-order valence-electron chi connectivity index (χ3n) is 6.28. The predicted octanol–water partition coefficient (Wildman–Crippen LogP) is 3.28. The molecule has 0 spiro atoms. The number of rotatable bonds is 1. The molecule has 4 bridgehead atoms. The summed E-state index contributed by atoms with van der Waals surface area (Å²) in [5.74, 6) is 2.79. The van der Waals surface area contributed by atoms with Gasteiger partial charge in [0.15, 0.2) is 0 Å². The molecule has 84 valence electrons. The number of Topliss-reactive ketones (excluding diaryl/α,β-unsaturated/α-hetero) is 1. The fourth-order valence-electron chi connectivity index (χ4n) is 5.56. The SMILES string of the molecule is CC(C)[C@@]12CC[C@@]3(C)[C@@H](C1)C(=O)[C@@H](C)[C@@H]23. The molecule has 3 aliphatic rings. The van der Waals surface area contributed by atoms with Gasteiger partial charge in [-0.15, -0.1) is 0 Å². The zero-order valence-electron chi connectivity index (χ0n) is 10.3. The zero-order valence-corrected chi connectivity index (χ0v) is 10.3. The monoisotopic (exact) mass is 206 g/mol. The maximum Gasteiger partial charge on any atom is 0.139 e. The second-order valence-corrected chi connectivity index (χ2v) is 6.82. The molecular weight excluding hydrogens is 184 g/mol. The standard InChI is InChI=1S/C14H22O/c1-8(2)14-6-5-13(4)10(7-14)11(15)9(3)12(13)14/h8-10,12H,5-7H2,1-4H3/t9-,10+,12-,13+,14-/m1/s1. The molecule has 3 fully saturated rings. The fourth-order valence-corrected chi connectivity index (χ4v) is 5.56. The summed E-state index contributed by atoms with van der Waals surface area (Å²) in [7, 11) is 0. The van der Waals surface area contributed by atoms with Crippen LogP contribution in [0.5, 0.6) is 0 Å². The zero-order chi connectivity index (χ0) is 11.0. The highest BCUT2D eigenvalue weighted by Crippen LogP contribution is 2.76. The second kappa shape index (κ2) is 2.49. The van der Waals surface area contributed by atoms with Crippen LogP contribution in [0.4, 0.5) is 0 Å². The summed E-state index contributed by atoms with van der Waals surface area (Å²) in [5.41, 5.74) is 0.896. The summed E-state index contributed by atoms with van der Waals surface area (Å²) in [6.45, 7) is 9.31. The third-order valence-corrected chi connectivity index (χ3v) is 6.28. The van der Waals surface area contributed by atoms with E-state index in [0.29, 0.717) is 34.4 Å². The Morgan fingerprint density at radius 1 is 1.33 bits per heavy atom. The van der Waals surface area contributed by atoms with Crippen LogP contribution in [0.25, 0.3) is 0 Å². The van der Waals surface area contributed by atoms with Crippen LogP contribution in [0, 0.1) is 34.5 Å². The van der Waals surface area contributed by atoms with Crippen molar-refractivity contribution in [3.05, 3.63) is 0 Å². The lowest BCUT2D eigenvalue weighted by atomic mass is 9.62. The highest BCUT2D eigenvalue weighted by atomic mass is 16.1. The molecule has 1 heteroatoms. The van der Waals surface area contributed by atoms with E-state index in [1.807, 2.05) is 0 Å². The van der Waals surface area contributed by atoms with Crippen LogP contribution in [0.1, 0.15) is 47.0 Å². The molecule has 5 atom stereocenters. The first-order chi connectivity index (χ1) is 6.93. The van der Waals surface area contributed by atoms with Crippen LogP contribution in [-0.2, 0) is 4.79 Å². The minimum absolute atomic E-state index is 0.346. The Labute approximate surface area is 92.6 Å². The first-order valence-electron chi connectivity index (χ1n) is 6.47. The molecule has 0 aliphatic heterocycles. The van der Waals surface area contributed by atoms with E-state index in [-0.39, 0.29) is 0 Å². The highest BCUT2D eigenvalue weighted by molar-refractivity contribution is 5.88. The number of carbonyl (C=O) groups excluding carboxylic acids is 1. The summed E-state index contributed by atoms with van der Waals surface area (Å²) in [6.07, 6.45) is 3.88. The lowest BCUT2D eigenvalue weighted by molar-refractivity contribution is -0.130. The van der Waals surface area contributed by atoms with E-state index in [1.54, 1.807) is 0 Å². The Hall–Kier alpha value is -0.330. The lowest BCUT2D eigenvalue weighted by Gasteiger charge is -2.41. The number of hydrogen-bond donors (Lipinski definition) is 0. The van der Waals surface area contributed by atoms with Gasteiger partial charge in [0.1, 0.15) is 5.78 Å². The molecule has 0 radical (unpaired) electrons. The van der Waals surface area contributed by atoms with Crippen LogP contribution in [-0.4, -0.2) is 5.78 Å². The van der Waals surface area contributed by atoms with Crippen LogP contribution in [0.15, 0.2) is 0 Å². The molecule has 0 amide bonds. The van der Waals surface area contributed by atoms with Crippen molar-refractivity contribution in [3.63, 3.8) is 0 Å². The second-order valence-electron chi connectivity index (χ2n) is 6.82. The largest absolute Gasteiger partial charge is 0.299 e.